The minimum atomic E-state index is -0.936. The molecular weight excluding hydrogens is 238 g/mol. The molecule has 0 spiro atoms. The molecule has 0 unspecified atom stereocenters. The van der Waals surface area contributed by atoms with E-state index in [2.05, 4.69) is 4.98 Å². The van der Waals surface area contributed by atoms with Crippen molar-refractivity contribution >= 4 is 17.3 Å². The number of ether oxygens (including phenoxy) is 1. The average molecular weight is 247 g/mol. The van der Waals surface area contributed by atoms with Crippen molar-refractivity contribution in [1.29, 1.82) is 0 Å². The van der Waals surface area contributed by atoms with Crippen molar-refractivity contribution < 1.29 is 14.6 Å². The van der Waals surface area contributed by atoms with E-state index in [9.17, 15) is 4.79 Å². The molecule has 0 saturated carbocycles. The summed E-state index contributed by atoms with van der Waals surface area (Å²) in [5.74, 6) is -0.228. The summed E-state index contributed by atoms with van der Waals surface area (Å²) in [6.07, 6.45) is 0.817. The van der Waals surface area contributed by atoms with E-state index in [0.29, 0.717) is 12.4 Å². The first-order valence-electron chi connectivity index (χ1n) is 5.18. The summed E-state index contributed by atoms with van der Waals surface area (Å²) in [6.45, 7) is 0.606. The lowest BCUT2D eigenvalue weighted by molar-refractivity contribution is 0.0697. The summed E-state index contributed by atoms with van der Waals surface area (Å²) in [4.78, 5) is 16.4. The van der Waals surface area contributed by atoms with Gasteiger partial charge in [0.05, 0.1) is 23.4 Å². The van der Waals surface area contributed by atoms with Crippen LogP contribution in [-0.4, -0.2) is 22.7 Å². The Balaban J connectivity index is 2.22. The number of hydrogen-bond acceptors (Lipinski definition) is 4. The first-order chi connectivity index (χ1) is 8.25. The predicted octanol–water partition coefficient (Wildman–Crippen LogP) is 2.44. The Bertz CT molecular complexity index is 591. The van der Waals surface area contributed by atoms with Crippen molar-refractivity contribution in [3.05, 3.63) is 34.2 Å². The van der Waals surface area contributed by atoms with Crippen LogP contribution < -0.4 is 4.74 Å². The second kappa shape index (κ2) is 3.85. The number of rotatable bonds is 1. The fourth-order valence-electron chi connectivity index (χ4n) is 1.90. The van der Waals surface area contributed by atoms with Crippen molar-refractivity contribution in [2.45, 2.75) is 6.42 Å². The molecule has 4 nitrogen and oxygen atoms in total. The molecule has 0 aliphatic carbocycles. The topological polar surface area (TPSA) is 59.4 Å². The summed E-state index contributed by atoms with van der Waals surface area (Å²) >= 11 is 1.58. The first-order valence-corrected chi connectivity index (χ1v) is 6.06. The second-order valence-electron chi connectivity index (χ2n) is 3.74. The second-order valence-corrected chi connectivity index (χ2v) is 4.68. The highest BCUT2D eigenvalue weighted by Crippen LogP contribution is 2.36. The summed E-state index contributed by atoms with van der Waals surface area (Å²) in [7, 11) is 0. The minimum Gasteiger partial charge on any atom is -0.493 e. The van der Waals surface area contributed by atoms with Crippen LogP contribution in [0.25, 0.3) is 11.3 Å². The molecule has 17 heavy (non-hydrogen) atoms. The van der Waals surface area contributed by atoms with Gasteiger partial charge in [0.25, 0.3) is 0 Å². The molecule has 1 aliphatic rings. The third-order valence-electron chi connectivity index (χ3n) is 2.71. The number of hydrogen-bond donors (Lipinski definition) is 1. The Labute approximate surface area is 102 Å². The SMILES string of the molecule is O=C(O)c1ccc2c(c1)-c1ncsc1CCO2. The van der Waals surface area contributed by atoms with Gasteiger partial charge < -0.3 is 9.84 Å². The zero-order valence-corrected chi connectivity index (χ0v) is 9.66. The number of carbonyl (C=O) groups is 1. The Morgan fingerprint density at radius 3 is 3.18 bits per heavy atom. The summed E-state index contributed by atoms with van der Waals surface area (Å²) in [5.41, 5.74) is 3.67. The van der Waals surface area contributed by atoms with Gasteiger partial charge in [0.15, 0.2) is 0 Å². The Kier molecular flexibility index (Phi) is 2.33. The van der Waals surface area contributed by atoms with Crippen LogP contribution in [0.1, 0.15) is 15.2 Å². The third kappa shape index (κ3) is 1.68. The minimum absolute atomic E-state index is 0.258. The number of aromatic nitrogens is 1. The molecule has 2 heterocycles. The summed E-state index contributed by atoms with van der Waals surface area (Å²) < 4.78 is 5.60. The van der Waals surface area contributed by atoms with Crippen LogP contribution in [0.15, 0.2) is 23.7 Å². The van der Waals surface area contributed by atoms with Gasteiger partial charge in [0.2, 0.25) is 0 Å². The molecule has 5 heteroatoms. The standard InChI is InChI=1S/C12H9NO3S/c14-12(15)7-1-2-9-8(5-7)11-10(3-4-16-9)17-6-13-11/h1-2,5-6H,3-4H2,(H,14,15). The molecule has 0 saturated heterocycles. The highest BCUT2D eigenvalue weighted by Gasteiger charge is 2.19. The van der Waals surface area contributed by atoms with Crippen molar-refractivity contribution in [1.82, 2.24) is 4.98 Å². The van der Waals surface area contributed by atoms with E-state index in [4.69, 9.17) is 9.84 Å². The number of nitrogens with zero attached hydrogens (tertiary/aromatic N) is 1. The van der Waals surface area contributed by atoms with Gasteiger partial charge in [-0.15, -0.1) is 11.3 Å². The van der Waals surface area contributed by atoms with Crippen LogP contribution in [-0.2, 0) is 6.42 Å². The number of benzene rings is 1. The van der Waals surface area contributed by atoms with Gasteiger partial charge in [-0.3, -0.25) is 0 Å². The normalized spacial score (nSPS) is 13.2. The highest BCUT2D eigenvalue weighted by molar-refractivity contribution is 7.10. The molecule has 1 aromatic heterocycles. The maximum Gasteiger partial charge on any atom is 0.335 e. The molecule has 86 valence electrons. The maximum absolute atomic E-state index is 11.0. The molecule has 0 amide bonds. The molecule has 0 fully saturated rings. The van der Waals surface area contributed by atoms with Gasteiger partial charge in [0, 0.05) is 16.9 Å². The quantitative estimate of drug-likeness (QED) is 0.840. The number of carboxylic acid groups (broad SMARTS) is 1. The van der Waals surface area contributed by atoms with E-state index in [-0.39, 0.29) is 5.56 Å². The Morgan fingerprint density at radius 1 is 1.47 bits per heavy atom. The Hall–Kier alpha value is -1.88. The van der Waals surface area contributed by atoms with E-state index in [1.54, 1.807) is 35.0 Å². The number of fused-ring (bicyclic) bond motifs is 3. The van der Waals surface area contributed by atoms with E-state index < -0.39 is 5.97 Å². The zero-order chi connectivity index (χ0) is 11.8. The average Bonchev–Trinajstić information content (AvgIpc) is 2.71. The van der Waals surface area contributed by atoms with Crippen LogP contribution in [0.4, 0.5) is 0 Å². The van der Waals surface area contributed by atoms with Crippen molar-refractivity contribution in [3.8, 4) is 17.0 Å². The van der Waals surface area contributed by atoms with E-state index in [1.165, 1.54) is 0 Å². The lowest BCUT2D eigenvalue weighted by Crippen LogP contribution is -1.99. The van der Waals surface area contributed by atoms with Crippen LogP contribution in [0, 0.1) is 0 Å². The van der Waals surface area contributed by atoms with Gasteiger partial charge in [-0.25, -0.2) is 9.78 Å². The fourth-order valence-corrected chi connectivity index (χ4v) is 2.66. The summed E-state index contributed by atoms with van der Waals surface area (Å²) in [5, 5.41) is 9.00. The van der Waals surface area contributed by atoms with Gasteiger partial charge in [-0.1, -0.05) is 0 Å². The fraction of sp³-hybridized carbons (Fsp3) is 0.167. The molecule has 1 N–H and O–H groups in total. The molecule has 1 aromatic carbocycles. The molecule has 0 radical (unpaired) electrons. The van der Waals surface area contributed by atoms with Gasteiger partial charge in [0.1, 0.15) is 5.75 Å². The van der Waals surface area contributed by atoms with E-state index >= 15 is 0 Å². The molecule has 3 rings (SSSR count). The highest BCUT2D eigenvalue weighted by atomic mass is 32.1. The van der Waals surface area contributed by atoms with Crippen LogP contribution in [0.5, 0.6) is 5.75 Å². The van der Waals surface area contributed by atoms with Crippen LogP contribution in [0.3, 0.4) is 0 Å². The molecule has 2 aromatic rings. The van der Waals surface area contributed by atoms with Crippen molar-refractivity contribution in [3.63, 3.8) is 0 Å². The molecule has 0 bridgehead atoms. The third-order valence-corrected chi connectivity index (χ3v) is 3.60. The lowest BCUT2D eigenvalue weighted by Gasteiger charge is -2.07. The predicted molar refractivity (Wildman–Crippen MR) is 63.7 cm³/mol. The summed E-state index contributed by atoms with van der Waals surface area (Å²) in [6, 6.07) is 4.88. The maximum atomic E-state index is 11.0. The number of thiazole rings is 1. The van der Waals surface area contributed by atoms with Crippen molar-refractivity contribution in [2.75, 3.05) is 6.61 Å². The van der Waals surface area contributed by atoms with Gasteiger partial charge in [-0.05, 0) is 18.2 Å². The monoisotopic (exact) mass is 247 g/mol. The number of carboxylic acids is 1. The van der Waals surface area contributed by atoms with E-state index in [1.807, 2.05) is 0 Å². The lowest BCUT2D eigenvalue weighted by atomic mass is 10.1. The zero-order valence-electron chi connectivity index (χ0n) is 8.84. The largest absolute Gasteiger partial charge is 0.493 e. The van der Waals surface area contributed by atoms with Crippen molar-refractivity contribution in [2.24, 2.45) is 0 Å². The Morgan fingerprint density at radius 2 is 2.35 bits per heavy atom. The smallest absolute Gasteiger partial charge is 0.335 e. The number of aromatic carboxylic acids is 1. The molecule has 0 atom stereocenters. The van der Waals surface area contributed by atoms with Crippen LogP contribution >= 0.6 is 11.3 Å². The molecule has 1 aliphatic heterocycles. The van der Waals surface area contributed by atoms with E-state index in [0.717, 1.165) is 22.6 Å². The van der Waals surface area contributed by atoms with Crippen LogP contribution in [0.2, 0.25) is 0 Å². The first kappa shape index (κ1) is 10.3. The molecular formula is C12H9NO3S. The van der Waals surface area contributed by atoms with Gasteiger partial charge >= 0.3 is 5.97 Å². The van der Waals surface area contributed by atoms with Gasteiger partial charge in [-0.2, -0.15) is 0 Å².